The minimum atomic E-state index is -3.44. The highest BCUT2D eigenvalue weighted by Gasteiger charge is 2.40. The van der Waals surface area contributed by atoms with Crippen LogP contribution in [0, 0.1) is 0 Å². The molecule has 7 aromatic carbocycles. The van der Waals surface area contributed by atoms with Crippen LogP contribution in [-0.2, 0) is 5.41 Å². The van der Waals surface area contributed by atoms with Crippen LogP contribution in [-0.4, -0.2) is 19.5 Å². The van der Waals surface area contributed by atoms with E-state index in [1.54, 1.807) is 35.6 Å². The lowest BCUT2D eigenvalue weighted by molar-refractivity contribution is 0.567. The smallest absolute Gasteiger partial charge is 0.164 e. The molecule has 0 saturated heterocycles. The summed E-state index contributed by atoms with van der Waals surface area (Å²) in [6.45, 7) is -2.46. The van der Waals surface area contributed by atoms with Gasteiger partial charge in [-0.1, -0.05) is 129 Å². The predicted octanol–water partition coefficient (Wildman–Crippen LogP) is 13.0. The van der Waals surface area contributed by atoms with E-state index in [0.717, 1.165) is 38.2 Å². The van der Waals surface area contributed by atoms with E-state index in [-0.39, 0.29) is 33.3 Å². The Hall–Kier alpha value is -6.43. The van der Waals surface area contributed by atoms with E-state index in [9.17, 15) is 8.22 Å². The number of benzene rings is 7. The van der Waals surface area contributed by atoms with Gasteiger partial charge in [0.15, 0.2) is 17.5 Å². The zero-order valence-electron chi connectivity index (χ0n) is 43.4. The van der Waals surface area contributed by atoms with Crippen LogP contribution in [0.1, 0.15) is 51.8 Å². The van der Waals surface area contributed by atoms with E-state index in [2.05, 4.69) is 12.1 Å². The molecule has 11 rings (SSSR count). The third kappa shape index (κ3) is 4.52. The Bertz CT molecular complexity index is 3860. The summed E-state index contributed by atoms with van der Waals surface area (Å²) in [6.07, 6.45) is -2.88. The molecule has 0 radical (unpaired) electrons. The number of thiophene rings is 1. The molecule has 1 unspecified atom stereocenters. The standard InChI is InChI=1S/C49H34N4S/c1-3-49(2)40-18-10-7-15-34(40)38-27-28-39-35-16-8-11-19-41(35)53(45(39)44(38)49)33-24-21-31(22-25-33)47-50-46(30-13-5-4-6-14-30)51-48(52-47)32-23-26-37-36-17-9-12-20-42(36)54-43(37)29-32/h4-29H,3H2,1-2H3/i2D3,3D2,7D,8D,10D,11D,15D,16D,18D,19D,27D,28D. The van der Waals surface area contributed by atoms with Crippen molar-refractivity contribution < 1.29 is 20.6 Å². The minimum Gasteiger partial charge on any atom is -0.309 e. The molecule has 10 aromatic rings. The van der Waals surface area contributed by atoms with Crippen molar-refractivity contribution in [2.75, 3.05) is 0 Å². The first-order valence-corrected chi connectivity index (χ1v) is 18.0. The van der Waals surface area contributed by atoms with Gasteiger partial charge in [-0.2, -0.15) is 0 Å². The first kappa shape index (κ1) is 19.6. The van der Waals surface area contributed by atoms with Crippen molar-refractivity contribution in [3.05, 3.63) is 169 Å². The van der Waals surface area contributed by atoms with Crippen molar-refractivity contribution in [1.82, 2.24) is 19.5 Å². The van der Waals surface area contributed by atoms with Crippen LogP contribution in [0.3, 0.4) is 0 Å². The molecule has 0 aliphatic heterocycles. The maximum Gasteiger partial charge on any atom is 0.164 e. The van der Waals surface area contributed by atoms with Crippen LogP contribution in [0.25, 0.3) is 93.0 Å². The summed E-state index contributed by atoms with van der Waals surface area (Å²) in [4.78, 5) is 14.8. The molecule has 3 heterocycles. The van der Waals surface area contributed by atoms with E-state index >= 15 is 0 Å². The highest BCUT2D eigenvalue weighted by Crippen LogP contribution is 2.54. The van der Waals surface area contributed by atoms with E-state index in [1.807, 2.05) is 60.7 Å². The molecule has 0 spiro atoms. The Morgan fingerprint density at radius 2 is 1.31 bits per heavy atom. The Morgan fingerprint density at radius 1 is 0.630 bits per heavy atom. The van der Waals surface area contributed by atoms with Gasteiger partial charge in [-0.25, -0.2) is 15.0 Å². The average molecular weight is 726 g/mol. The largest absolute Gasteiger partial charge is 0.309 e. The van der Waals surface area contributed by atoms with Gasteiger partial charge in [-0.3, -0.25) is 0 Å². The van der Waals surface area contributed by atoms with Gasteiger partial charge in [0.05, 0.1) is 24.7 Å². The van der Waals surface area contributed by atoms with E-state index < -0.39 is 101 Å². The molecule has 3 aromatic heterocycles. The van der Waals surface area contributed by atoms with Crippen molar-refractivity contribution in [2.45, 2.75) is 25.6 Å². The first-order valence-electron chi connectivity index (χ1n) is 24.7. The molecule has 5 heteroatoms. The van der Waals surface area contributed by atoms with Crippen molar-refractivity contribution in [2.24, 2.45) is 0 Å². The zero-order valence-corrected chi connectivity index (χ0v) is 29.3. The van der Waals surface area contributed by atoms with Gasteiger partial charge in [-0.15, -0.1) is 11.3 Å². The van der Waals surface area contributed by atoms with Gasteiger partial charge in [0.1, 0.15) is 0 Å². The molecule has 256 valence electrons. The summed E-state index contributed by atoms with van der Waals surface area (Å²) in [6, 6.07) is 23.1. The fourth-order valence-corrected chi connectivity index (χ4v) is 8.75. The Kier molecular flexibility index (Phi) is 4.28. The first-order chi connectivity index (χ1) is 32.7. The summed E-state index contributed by atoms with van der Waals surface area (Å²) in [7, 11) is 0. The maximum absolute atomic E-state index is 9.51. The molecular formula is C49H34N4S. The molecule has 0 bridgehead atoms. The Labute approximate surface area is 338 Å². The number of hydrogen-bond donors (Lipinski definition) is 0. The molecule has 1 atom stereocenters. The number of hydrogen-bond acceptors (Lipinski definition) is 4. The lowest BCUT2D eigenvalue weighted by atomic mass is 9.77. The molecule has 0 N–H and O–H groups in total. The maximum atomic E-state index is 9.51. The topological polar surface area (TPSA) is 43.6 Å². The molecule has 54 heavy (non-hydrogen) atoms. The highest BCUT2D eigenvalue weighted by atomic mass is 32.1. The summed E-state index contributed by atoms with van der Waals surface area (Å²) >= 11 is 1.66. The molecule has 0 amide bonds. The second-order valence-electron chi connectivity index (χ2n) is 13.1. The van der Waals surface area contributed by atoms with Crippen molar-refractivity contribution >= 4 is 53.3 Å². The second-order valence-corrected chi connectivity index (χ2v) is 14.1. The third-order valence-electron chi connectivity index (χ3n) is 10.2. The zero-order chi connectivity index (χ0) is 49.0. The van der Waals surface area contributed by atoms with Gasteiger partial charge in [0.25, 0.3) is 0 Å². The normalized spacial score (nSPS) is 19.5. The van der Waals surface area contributed by atoms with Crippen LogP contribution in [0.2, 0.25) is 0 Å². The van der Waals surface area contributed by atoms with Gasteiger partial charge >= 0.3 is 0 Å². The van der Waals surface area contributed by atoms with E-state index in [0.29, 0.717) is 17.2 Å². The monoisotopic (exact) mass is 725 g/mol. The number of para-hydroxylation sites is 1. The van der Waals surface area contributed by atoms with Crippen LogP contribution >= 0.6 is 11.3 Å². The fourth-order valence-electron chi connectivity index (χ4n) is 7.60. The molecule has 4 nitrogen and oxygen atoms in total. The molecule has 0 fully saturated rings. The van der Waals surface area contributed by atoms with Gasteiger partial charge in [0.2, 0.25) is 0 Å². The molecular weight excluding hydrogens is 677 g/mol. The van der Waals surface area contributed by atoms with Crippen molar-refractivity contribution in [3.8, 4) is 51.0 Å². The lowest BCUT2D eigenvalue weighted by Crippen LogP contribution is -2.20. The van der Waals surface area contributed by atoms with E-state index in [1.165, 1.54) is 4.57 Å². The Morgan fingerprint density at radius 3 is 2.13 bits per heavy atom. The quantitative estimate of drug-likeness (QED) is 0.177. The second kappa shape index (κ2) is 11.8. The molecule has 1 aliphatic rings. The average Bonchev–Trinajstić information content (AvgIpc) is 4.00. The van der Waals surface area contributed by atoms with Crippen LogP contribution in [0.5, 0.6) is 0 Å². The summed E-state index contributed by atoms with van der Waals surface area (Å²) in [5, 5.41) is 1.72. The number of aromatic nitrogens is 4. The number of fused-ring (bicyclic) bond motifs is 10. The van der Waals surface area contributed by atoms with Gasteiger partial charge in [0, 0.05) is 65.6 Å². The van der Waals surface area contributed by atoms with Crippen molar-refractivity contribution in [1.29, 1.82) is 0 Å². The van der Waals surface area contributed by atoms with Gasteiger partial charge in [-0.05, 0) is 71.1 Å². The predicted molar refractivity (Wildman–Crippen MR) is 226 cm³/mol. The van der Waals surface area contributed by atoms with Crippen LogP contribution < -0.4 is 0 Å². The fraction of sp³-hybridized carbons (Fsp3) is 0.0816. The molecule has 0 saturated carbocycles. The number of nitrogens with zero attached hydrogens (tertiary/aromatic N) is 4. The van der Waals surface area contributed by atoms with Crippen molar-refractivity contribution in [3.63, 3.8) is 0 Å². The summed E-state index contributed by atoms with van der Waals surface area (Å²) in [5.74, 6) is 1.07. The Balaban J connectivity index is 1.21. The van der Waals surface area contributed by atoms with Crippen LogP contribution in [0.4, 0.5) is 0 Å². The van der Waals surface area contributed by atoms with Crippen LogP contribution in [0.15, 0.2) is 157 Å². The summed E-state index contributed by atoms with van der Waals surface area (Å²) < 4.78 is 140. The highest BCUT2D eigenvalue weighted by molar-refractivity contribution is 7.25. The molecule has 1 aliphatic carbocycles. The summed E-state index contributed by atoms with van der Waals surface area (Å²) in [5.41, 5.74) is -3.22. The van der Waals surface area contributed by atoms with Gasteiger partial charge < -0.3 is 4.57 Å². The number of rotatable bonds is 5. The van der Waals surface area contributed by atoms with E-state index in [4.69, 9.17) is 27.3 Å². The third-order valence-corrected chi connectivity index (χ3v) is 11.3. The minimum absolute atomic E-state index is 0.169. The lowest BCUT2D eigenvalue weighted by Gasteiger charge is -2.27. The SMILES string of the molecule is [2H]c1c([2H])c([2H])c2c(c1[2H])-c1c([2H])c([2H])c3c4c([2H])c([2H])c([2H])c([2H])c4n(-c4ccc(-c5nc(-c6ccccc6)nc(-c6ccc7c(c6)sc6ccccc67)n5)cc4)c3c1C2(C([2H])([2H])[2H])C([2H])([2H])C.